The zero-order valence-corrected chi connectivity index (χ0v) is 25.5. The van der Waals surface area contributed by atoms with Crippen LogP contribution >= 0.6 is 15.9 Å². The van der Waals surface area contributed by atoms with Gasteiger partial charge in [0.15, 0.2) is 28.5 Å². The zero-order valence-electron chi connectivity index (χ0n) is 21.9. The van der Waals surface area contributed by atoms with Crippen LogP contribution < -0.4 is 11.2 Å². The van der Waals surface area contributed by atoms with Crippen LogP contribution in [0.5, 0.6) is 0 Å². The van der Waals surface area contributed by atoms with Gasteiger partial charge >= 0.3 is 5.69 Å². The average molecular weight is 576 g/mol. The number of nitrogens with zero attached hydrogens (tertiary/aromatic N) is 1. The van der Waals surface area contributed by atoms with Gasteiger partial charge in [-0.1, -0.05) is 41.5 Å². The summed E-state index contributed by atoms with van der Waals surface area (Å²) in [5, 5.41) is 11.7. The Bertz CT molecular complexity index is 1060. The summed E-state index contributed by atoms with van der Waals surface area (Å²) < 4.78 is 20.6. The lowest BCUT2D eigenvalue weighted by Gasteiger charge is -2.42. The second-order valence-corrected chi connectivity index (χ2v) is 21.9. The fourth-order valence-electron chi connectivity index (χ4n) is 3.12. The molecule has 34 heavy (non-hydrogen) atoms. The summed E-state index contributed by atoms with van der Waals surface area (Å²) in [6, 6.07) is 1.24. The van der Waals surface area contributed by atoms with Crippen LogP contribution in [0.1, 0.15) is 47.8 Å². The van der Waals surface area contributed by atoms with Gasteiger partial charge in [-0.05, 0) is 47.0 Å². The van der Waals surface area contributed by atoms with E-state index in [-0.39, 0.29) is 16.7 Å². The van der Waals surface area contributed by atoms with Crippen LogP contribution in [0.25, 0.3) is 0 Å². The van der Waals surface area contributed by atoms with E-state index < -0.39 is 51.9 Å². The molecule has 1 aliphatic rings. The summed E-state index contributed by atoms with van der Waals surface area (Å²) in [5.41, 5.74) is -2.93. The van der Waals surface area contributed by atoms with E-state index in [2.05, 4.69) is 99.4 Å². The summed E-state index contributed by atoms with van der Waals surface area (Å²) >= 11 is 3.12. The van der Waals surface area contributed by atoms with E-state index in [1.807, 2.05) is 0 Å². The number of aromatic amines is 1. The Labute approximate surface area is 212 Å². The molecule has 1 saturated heterocycles. The highest BCUT2D eigenvalue weighted by molar-refractivity contribution is 9.12. The molecule has 1 aromatic heterocycles. The topological polar surface area (TPSA) is 103 Å². The number of nitrogens with one attached hydrogen (secondary N) is 1. The minimum atomic E-state index is -2.45. The molecule has 0 aliphatic carbocycles. The second kappa shape index (κ2) is 9.80. The first kappa shape index (κ1) is 29.2. The Morgan fingerprint density at radius 3 is 2.18 bits per heavy atom. The number of hydrogen-bond donors (Lipinski definition) is 2. The number of aromatic nitrogens is 2. The van der Waals surface area contributed by atoms with Gasteiger partial charge in [0.25, 0.3) is 5.56 Å². The SMILES string of the molecule is CC(C)(C)[Si](C)(C)OC[C@H]1O[C@@H](n2ccc(=O)[nH]c2=O)[C@H](O[Si](C)(C)C(C)(C)C)[C@@]1(O)C#CBr. The molecule has 0 bridgehead atoms. The van der Waals surface area contributed by atoms with Crippen molar-refractivity contribution in [3.05, 3.63) is 33.1 Å². The Kier molecular flexibility index (Phi) is 8.43. The molecular formula is C23H39BrN2O6Si2. The number of rotatable bonds is 6. The van der Waals surface area contributed by atoms with E-state index in [9.17, 15) is 14.7 Å². The number of ether oxygens (including phenoxy) is 1. The third kappa shape index (κ3) is 5.86. The van der Waals surface area contributed by atoms with Crippen molar-refractivity contribution < 1.29 is 18.7 Å². The predicted octanol–water partition coefficient (Wildman–Crippen LogP) is 3.93. The highest BCUT2D eigenvalue weighted by atomic mass is 79.9. The third-order valence-electron chi connectivity index (χ3n) is 7.49. The Morgan fingerprint density at radius 2 is 1.71 bits per heavy atom. The van der Waals surface area contributed by atoms with Crippen molar-refractivity contribution in [2.45, 2.75) is 102 Å². The molecule has 1 aliphatic heterocycles. The van der Waals surface area contributed by atoms with Crippen LogP contribution in [0, 0.1) is 10.8 Å². The van der Waals surface area contributed by atoms with Gasteiger partial charge in [-0.2, -0.15) is 0 Å². The molecule has 2 heterocycles. The van der Waals surface area contributed by atoms with Gasteiger partial charge in [0.1, 0.15) is 12.2 Å². The van der Waals surface area contributed by atoms with E-state index in [1.165, 1.54) is 16.8 Å². The molecule has 2 rings (SSSR count). The third-order valence-corrected chi connectivity index (χ3v) is 16.6. The van der Waals surface area contributed by atoms with Crippen molar-refractivity contribution in [2.75, 3.05) is 6.61 Å². The van der Waals surface area contributed by atoms with Crippen LogP contribution in [0.4, 0.5) is 0 Å². The zero-order chi connectivity index (χ0) is 26.3. The van der Waals surface area contributed by atoms with Gasteiger partial charge in [0.05, 0.1) is 6.61 Å². The monoisotopic (exact) mass is 574 g/mol. The van der Waals surface area contributed by atoms with Crippen LogP contribution in [-0.2, 0) is 13.6 Å². The maximum absolute atomic E-state index is 12.7. The molecule has 11 heteroatoms. The van der Waals surface area contributed by atoms with Crippen LogP contribution in [0.2, 0.25) is 36.3 Å². The molecule has 4 atom stereocenters. The molecule has 8 nitrogen and oxygen atoms in total. The van der Waals surface area contributed by atoms with Gasteiger partial charge in [0.2, 0.25) is 0 Å². The van der Waals surface area contributed by atoms with E-state index in [1.54, 1.807) is 0 Å². The molecular weight excluding hydrogens is 536 g/mol. The predicted molar refractivity (Wildman–Crippen MR) is 142 cm³/mol. The number of H-pyrrole nitrogens is 1. The summed E-state index contributed by atoms with van der Waals surface area (Å²) in [7, 11) is -4.63. The van der Waals surface area contributed by atoms with Gasteiger partial charge in [-0.25, -0.2) is 4.79 Å². The summed E-state index contributed by atoms with van der Waals surface area (Å²) in [6.45, 7) is 21.1. The first-order valence-electron chi connectivity index (χ1n) is 11.4. The molecule has 0 aromatic carbocycles. The van der Waals surface area contributed by atoms with Crippen LogP contribution in [0.3, 0.4) is 0 Å². The molecule has 1 fully saturated rings. The molecule has 0 spiro atoms. The summed E-state index contributed by atoms with van der Waals surface area (Å²) in [4.78, 5) is 29.3. The molecule has 0 amide bonds. The lowest BCUT2D eigenvalue weighted by Crippen LogP contribution is -2.56. The highest BCUT2D eigenvalue weighted by Gasteiger charge is 2.60. The second-order valence-electron chi connectivity index (χ2n) is 11.9. The normalized spacial score (nSPS) is 26.3. The van der Waals surface area contributed by atoms with E-state index in [0.717, 1.165) is 0 Å². The van der Waals surface area contributed by atoms with Crippen molar-refractivity contribution in [3.8, 4) is 10.8 Å². The van der Waals surface area contributed by atoms with Gasteiger partial charge in [-0.15, -0.1) is 0 Å². The standard InChI is InChI=1S/C23H39BrN2O6Si2/c1-21(2,3)33(7,8)30-15-16-23(29,12-13-24)18(32-34(9,10)22(4,5)6)19(31-16)26-14-11-17(27)25-20(26)28/h11,14,16,18-19,29H,15H2,1-10H3,(H,25,27,28)/t16-,18+,19-,23-/m1/s1. The largest absolute Gasteiger partial charge is 0.414 e. The maximum Gasteiger partial charge on any atom is 0.330 e. The van der Waals surface area contributed by atoms with Crippen molar-refractivity contribution in [1.29, 1.82) is 0 Å². The quantitative estimate of drug-likeness (QED) is 0.394. The van der Waals surface area contributed by atoms with Crippen molar-refractivity contribution in [2.24, 2.45) is 0 Å². The fourth-order valence-corrected chi connectivity index (χ4v) is 5.72. The maximum atomic E-state index is 12.7. The van der Waals surface area contributed by atoms with Gasteiger partial charge in [-0.3, -0.25) is 14.3 Å². The summed E-state index contributed by atoms with van der Waals surface area (Å²) in [5.74, 6) is 2.84. The van der Waals surface area contributed by atoms with E-state index in [4.69, 9.17) is 13.6 Å². The van der Waals surface area contributed by atoms with Crippen molar-refractivity contribution in [1.82, 2.24) is 9.55 Å². The minimum Gasteiger partial charge on any atom is -0.414 e. The average Bonchev–Trinajstić information content (AvgIpc) is 2.90. The fraction of sp³-hybridized carbons (Fsp3) is 0.739. The first-order valence-corrected chi connectivity index (χ1v) is 18.0. The Hall–Kier alpha value is -1.01. The van der Waals surface area contributed by atoms with Crippen molar-refractivity contribution in [3.63, 3.8) is 0 Å². The molecule has 0 saturated carbocycles. The smallest absolute Gasteiger partial charge is 0.330 e. The van der Waals surface area contributed by atoms with E-state index in [0.29, 0.717) is 0 Å². The molecule has 192 valence electrons. The van der Waals surface area contributed by atoms with Crippen molar-refractivity contribution >= 4 is 32.6 Å². The lowest BCUT2D eigenvalue weighted by molar-refractivity contribution is -0.0598. The number of aliphatic hydroxyl groups is 1. The molecule has 1 aromatic rings. The van der Waals surface area contributed by atoms with Crippen LogP contribution in [-0.4, -0.2) is 55.7 Å². The summed E-state index contributed by atoms with van der Waals surface area (Å²) in [6.07, 6.45) is -1.53. The van der Waals surface area contributed by atoms with Crippen LogP contribution in [0.15, 0.2) is 21.9 Å². The molecule has 2 N–H and O–H groups in total. The number of hydrogen-bond acceptors (Lipinski definition) is 6. The highest BCUT2D eigenvalue weighted by Crippen LogP contribution is 2.46. The first-order chi connectivity index (χ1) is 15.3. The number of halogens is 1. The van der Waals surface area contributed by atoms with Gasteiger partial charge < -0.3 is 18.7 Å². The van der Waals surface area contributed by atoms with Gasteiger partial charge in [0, 0.05) is 28.2 Å². The molecule has 0 radical (unpaired) electrons. The van der Waals surface area contributed by atoms with E-state index >= 15 is 0 Å². The Morgan fingerprint density at radius 1 is 1.15 bits per heavy atom. The minimum absolute atomic E-state index is 0.0445. The lowest BCUT2D eigenvalue weighted by atomic mass is 9.93. The molecule has 0 unspecified atom stereocenters. The Balaban J connectivity index is 2.60.